The maximum atomic E-state index is 7.95. The third-order valence-corrected chi connectivity index (χ3v) is 2.10. The zero-order chi connectivity index (χ0) is 8.36. The van der Waals surface area contributed by atoms with Crippen molar-refractivity contribution in [3.8, 4) is 0 Å². The Labute approximate surface area is 75.0 Å². The maximum Gasteiger partial charge on any atom is 0.0593 e. The van der Waals surface area contributed by atoms with Gasteiger partial charge in [0.15, 0.2) is 0 Å². The van der Waals surface area contributed by atoms with E-state index in [2.05, 4.69) is 4.98 Å². The summed E-state index contributed by atoms with van der Waals surface area (Å²) in [5, 5.41) is 0. The fourth-order valence-corrected chi connectivity index (χ4v) is 0.787. The van der Waals surface area contributed by atoms with Gasteiger partial charge in [-0.3, -0.25) is 4.98 Å². The molecule has 0 radical (unpaired) electrons. The Bertz CT molecular complexity index is 120. The molecule has 0 amide bonds. The lowest BCUT2D eigenvalue weighted by Crippen LogP contribution is -1.58. The Balaban J connectivity index is 0.000000187. The van der Waals surface area contributed by atoms with Gasteiger partial charge in [0.1, 0.15) is 0 Å². The van der Waals surface area contributed by atoms with Gasteiger partial charge in [0.25, 0.3) is 0 Å². The van der Waals surface area contributed by atoms with Crippen LogP contribution in [0, 0.1) is 0 Å². The molecule has 11 heavy (non-hydrogen) atoms. The molecule has 0 bridgehead atoms. The highest BCUT2D eigenvalue weighted by Crippen LogP contribution is 2.13. The average molecular weight is 189 g/mol. The molecule has 1 rings (SSSR count). The number of rotatable bonds is 2. The highest BCUT2D eigenvalue weighted by Gasteiger charge is 1.70. The number of nitrogens with zero attached hydrogens (tertiary/aromatic N) is 1. The molecule has 0 atom stereocenters. The topological polar surface area (TPSA) is 33.1 Å². The Morgan fingerprint density at radius 3 is 2.00 bits per heavy atom. The average Bonchev–Trinajstić information content (AvgIpc) is 2.10. The number of aromatic nitrogens is 1. The van der Waals surface area contributed by atoms with Crippen LogP contribution in [0.4, 0.5) is 0 Å². The molecule has 2 nitrogen and oxygen atoms in total. The normalized spacial score (nSPS) is 8.18. The first-order valence-electron chi connectivity index (χ1n) is 3.19. The van der Waals surface area contributed by atoms with Gasteiger partial charge in [-0.1, -0.05) is 23.8 Å². The molecule has 1 aromatic rings. The van der Waals surface area contributed by atoms with Crippen molar-refractivity contribution >= 4 is 21.9 Å². The van der Waals surface area contributed by atoms with Crippen LogP contribution in [0.25, 0.3) is 0 Å². The minimum absolute atomic E-state index is 0.818. The van der Waals surface area contributed by atoms with Gasteiger partial charge >= 0.3 is 0 Å². The van der Waals surface area contributed by atoms with Crippen molar-refractivity contribution < 1.29 is 4.55 Å². The molecule has 4 heteroatoms. The molecule has 0 saturated heterocycles. The summed E-state index contributed by atoms with van der Waals surface area (Å²) in [5.41, 5.74) is 0. The van der Waals surface area contributed by atoms with Gasteiger partial charge in [0.05, 0.1) is 11.1 Å². The van der Waals surface area contributed by atoms with Crippen LogP contribution in [0.5, 0.6) is 0 Å². The van der Waals surface area contributed by atoms with Gasteiger partial charge in [0, 0.05) is 18.1 Å². The predicted octanol–water partition coefficient (Wildman–Crippen LogP) is 2.94. The molecule has 1 N–H and O–H groups in total. The first kappa shape index (κ1) is 10.8. The van der Waals surface area contributed by atoms with Crippen LogP contribution >= 0.6 is 21.9 Å². The molecular weight excluding hydrogens is 178 g/mol. The lowest BCUT2D eigenvalue weighted by Gasteiger charge is -1.77. The van der Waals surface area contributed by atoms with E-state index in [1.165, 1.54) is 10.8 Å². The van der Waals surface area contributed by atoms with Gasteiger partial charge in [-0.05, 0) is 12.1 Å². The third kappa shape index (κ3) is 9.81. The molecule has 0 unspecified atom stereocenters. The minimum atomic E-state index is 0.818. The molecule has 0 aliphatic rings. The van der Waals surface area contributed by atoms with E-state index in [-0.39, 0.29) is 0 Å². The summed E-state index contributed by atoms with van der Waals surface area (Å²) in [6, 6.07) is 5.72. The van der Waals surface area contributed by atoms with E-state index in [4.69, 9.17) is 4.55 Å². The second-order valence-electron chi connectivity index (χ2n) is 1.51. The molecule has 1 aromatic heterocycles. The van der Waals surface area contributed by atoms with Crippen LogP contribution in [-0.2, 0) is 0 Å². The molecular formula is C7H11NOS2. The summed E-state index contributed by atoms with van der Waals surface area (Å²) in [7, 11) is 1.44. The summed E-state index contributed by atoms with van der Waals surface area (Å²) in [4.78, 5) is 3.78. The Hall–Kier alpha value is -0.190. The van der Waals surface area contributed by atoms with Gasteiger partial charge in [-0.2, -0.15) is 0 Å². The monoisotopic (exact) mass is 189 g/mol. The Morgan fingerprint density at radius 2 is 1.91 bits per heavy atom. The number of pyridine rings is 1. The van der Waals surface area contributed by atoms with Crippen molar-refractivity contribution in [3.63, 3.8) is 0 Å². The van der Waals surface area contributed by atoms with Crippen molar-refractivity contribution in [2.45, 2.75) is 6.92 Å². The second kappa shape index (κ2) is 9.81. The van der Waals surface area contributed by atoms with Crippen LogP contribution < -0.4 is 0 Å². The zero-order valence-corrected chi connectivity index (χ0v) is 7.94. The zero-order valence-electron chi connectivity index (χ0n) is 6.30. The number of hydrogen-bond acceptors (Lipinski definition) is 4. The van der Waals surface area contributed by atoms with E-state index in [1.807, 2.05) is 25.1 Å². The molecule has 0 fully saturated rings. The highest BCUT2D eigenvalue weighted by atomic mass is 33.1. The molecule has 1 heterocycles. The fourth-order valence-electron chi connectivity index (χ4n) is 0.365. The first-order chi connectivity index (χ1) is 5.41. The van der Waals surface area contributed by atoms with Crippen LogP contribution in [0.15, 0.2) is 30.6 Å². The SMILES string of the molecule is CCSSO.c1ccncc1. The van der Waals surface area contributed by atoms with Gasteiger partial charge in [-0.25, -0.2) is 0 Å². The molecule has 0 aliphatic heterocycles. The van der Waals surface area contributed by atoms with Crippen molar-refractivity contribution in [3.05, 3.63) is 30.6 Å². The van der Waals surface area contributed by atoms with E-state index >= 15 is 0 Å². The Morgan fingerprint density at radius 1 is 1.27 bits per heavy atom. The lowest BCUT2D eigenvalue weighted by atomic mass is 10.5. The van der Waals surface area contributed by atoms with E-state index in [1.54, 1.807) is 12.4 Å². The standard InChI is InChI=1S/C5H5N.C2H6OS2/c1-2-4-6-5-3-1;1-2-4-5-3/h1-5H;3H,2H2,1H3. The largest absolute Gasteiger partial charge is 0.321 e. The molecule has 62 valence electrons. The summed E-state index contributed by atoms with van der Waals surface area (Å²) in [5.74, 6) is 0.973. The highest BCUT2D eigenvalue weighted by molar-refractivity contribution is 8.74. The van der Waals surface area contributed by atoms with Gasteiger partial charge in [-0.15, -0.1) is 0 Å². The molecule has 0 aliphatic carbocycles. The van der Waals surface area contributed by atoms with Crippen LogP contribution in [0.2, 0.25) is 0 Å². The lowest BCUT2D eigenvalue weighted by molar-refractivity contribution is 0.676. The quantitative estimate of drug-likeness (QED) is 0.573. The smallest absolute Gasteiger partial charge is 0.0593 e. The van der Waals surface area contributed by atoms with E-state index in [9.17, 15) is 0 Å². The van der Waals surface area contributed by atoms with Crippen LogP contribution in [0.1, 0.15) is 6.92 Å². The molecule has 0 aromatic carbocycles. The van der Waals surface area contributed by atoms with Crippen LogP contribution in [-0.4, -0.2) is 15.3 Å². The summed E-state index contributed by atoms with van der Waals surface area (Å²) < 4.78 is 7.95. The minimum Gasteiger partial charge on any atom is -0.321 e. The third-order valence-electron chi connectivity index (χ3n) is 0.737. The molecule has 0 spiro atoms. The summed E-state index contributed by atoms with van der Waals surface area (Å²) >= 11 is 0.818. The molecule has 0 saturated carbocycles. The van der Waals surface area contributed by atoms with Crippen molar-refractivity contribution in [2.75, 3.05) is 5.75 Å². The Kier molecular flexibility index (Phi) is 9.64. The summed E-state index contributed by atoms with van der Waals surface area (Å²) in [6.45, 7) is 1.99. The fraction of sp³-hybridized carbons (Fsp3) is 0.286. The van der Waals surface area contributed by atoms with E-state index in [0.29, 0.717) is 0 Å². The van der Waals surface area contributed by atoms with Gasteiger partial charge in [0.2, 0.25) is 0 Å². The van der Waals surface area contributed by atoms with E-state index < -0.39 is 0 Å². The second-order valence-corrected chi connectivity index (χ2v) is 3.62. The van der Waals surface area contributed by atoms with E-state index in [0.717, 1.165) is 16.8 Å². The van der Waals surface area contributed by atoms with Gasteiger partial charge < -0.3 is 4.55 Å². The van der Waals surface area contributed by atoms with Crippen molar-refractivity contribution in [1.29, 1.82) is 0 Å². The van der Waals surface area contributed by atoms with Crippen LogP contribution in [0.3, 0.4) is 0 Å². The summed E-state index contributed by atoms with van der Waals surface area (Å²) in [6.07, 6.45) is 3.50. The predicted molar refractivity (Wildman–Crippen MR) is 52.6 cm³/mol. The first-order valence-corrected chi connectivity index (χ1v) is 5.47. The van der Waals surface area contributed by atoms with Crippen molar-refractivity contribution in [2.24, 2.45) is 0 Å². The van der Waals surface area contributed by atoms with Crippen molar-refractivity contribution in [1.82, 2.24) is 4.98 Å². The maximum absolute atomic E-state index is 7.95. The number of hydrogen-bond donors (Lipinski definition) is 1.